The van der Waals surface area contributed by atoms with Crippen LogP contribution in [0.1, 0.15) is 0 Å². The summed E-state index contributed by atoms with van der Waals surface area (Å²) in [5, 5.41) is 2.61. The van der Waals surface area contributed by atoms with Gasteiger partial charge in [-0.1, -0.05) is 72.8 Å². The average Bonchev–Trinajstić information content (AvgIpc) is 3.27. The van der Waals surface area contributed by atoms with Gasteiger partial charge in [0.2, 0.25) is 0 Å². The SMILES string of the molecule is c1ccc(N2c3ccccc3B3Oc4ccccc4-c4cc5sc6ccccc6c5c2c43)cc1. The summed E-state index contributed by atoms with van der Waals surface area (Å²) < 4.78 is 9.39. The lowest BCUT2D eigenvalue weighted by Crippen LogP contribution is -2.56. The van der Waals surface area contributed by atoms with Gasteiger partial charge in [-0.25, -0.2) is 0 Å². The molecule has 0 saturated carbocycles. The highest BCUT2D eigenvalue weighted by molar-refractivity contribution is 7.26. The van der Waals surface area contributed by atoms with Crippen LogP contribution in [0, 0.1) is 0 Å². The van der Waals surface area contributed by atoms with Crippen LogP contribution in [0.25, 0.3) is 31.3 Å². The highest BCUT2D eigenvalue weighted by Gasteiger charge is 2.43. The Morgan fingerprint density at radius 3 is 2.38 bits per heavy atom. The average molecular weight is 451 g/mol. The summed E-state index contributed by atoms with van der Waals surface area (Å²) in [5.41, 5.74) is 8.50. The van der Waals surface area contributed by atoms with Gasteiger partial charge >= 0.3 is 6.92 Å². The van der Waals surface area contributed by atoms with Crippen LogP contribution in [-0.4, -0.2) is 6.92 Å². The van der Waals surface area contributed by atoms with Crippen molar-refractivity contribution in [2.75, 3.05) is 4.90 Å². The number of anilines is 3. The van der Waals surface area contributed by atoms with Crippen LogP contribution in [0.15, 0.2) is 109 Å². The van der Waals surface area contributed by atoms with Gasteiger partial charge in [0.1, 0.15) is 5.75 Å². The standard InChI is InChI=1S/C30H18BNOS/c1-2-10-19(11-3-1)32-24-15-7-6-14-23(24)31-29-22(20-12-4-8-16-25(20)33-31)18-27-28(30(29)32)21-13-5-9-17-26(21)34-27/h1-18H. The fourth-order valence-corrected chi connectivity index (χ4v) is 6.83. The topological polar surface area (TPSA) is 12.5 Å². The number of hydrogen-bond acceptors (Lipinski definition) is 3. The molecule has 0 bridgehead atoms. The second-order valence-electron chi connectivity index (χ2n) is 8.88. The van der Waals surface area contributed by atoms with E-state index in [4.69, 9.17) is 4.65 Å². The van der Waals surface area contributed by atoms with Crippen molar-refractivity contribution >= 4 is 66.4 Å². The predicted octanol–water partition coefficient (Wildman–Crippen LogP) is 7.00. The minimum atomic E-state index is -0.140. The highest BCUT2D eigenvalue weighted by Crippen LogP contribution is 2.49. The molecule has 34 heavy (non-hydrogen) atoms. The maximum absolute atomic E-state index is 6.76. The summed E-state index contributed by atoms with van der Waals surface area (Å²) in [6.07, 6.45) is 0. The van der Waals surface area contributed by atoms with E-state index >= 15 is 0 Å². The van der Waals surface area contributed by atoms with Gasteiger partial charge in [0.25, 0.3) is 0 Å². The molecule has 0 radical (unpaired) electrons. The van der Waals surface area contributed by atoms with Crippen LogP contribution in [0.2, 0.25) is 0 Å². The molecule has 0 unspecified atom stereocenters. The number of para-hydroxylation sites is 3. The van der Waals surface area contributed by atoms with Gasteiger partial charge in [0, 0.05) is 42.6 Å². The van der Waals surface area contributed by atoms with E-state index in [0.717, 1.165) is 11.4 Å². The first-order chi connectivity index (χ1) is 16.9. The van der Waals surface area contributed by atoms with E-state index in [1.807, 2.05) is 11.3 Å². The summed E-state index contributed by atoms with van der Waals surface area (Å²) in [7, 11) is 0. The van der Waals surface area contributed by atoms with Gasteiger partial charge in [-0.15, -0.1) is 11.3 Å². The smallest absolute Gasteiger partial charge is 0.431 e. The maximum atomic E-state index is 6.76. The Kier molecular flexibility index (Phi) is 3.66. The number of thiophene rings is 1. The summed E-state index contributed by atoms with van der Waals surface area (Å²) in [4.78, 5) is 2.45. The van der Waals surface area contributed by atoms with Crippen molar-refractivity contribution in [2.24, 2.45) is 0 Å². The molecule has 2 aliphatic rings. The van der Waals surface area contributed by atoms with Crippen molar-refractivity contribution in [3.05, 3.63) is 109 Å². The monoisotopic (exact) mass is 451 g/mol. The molecule has 0 fully saturated rings. The van der Waals surface area contributed by atoms with Gasteiger partial charge < -0.3 is 9.55 Å². The van der Waals surface area contributed by atoms with Crippen LogP contribution < -0.4 is 20.5 Å². The molecule has 0 saturated heterocycles. The molecule has 4 heteroatoms. The summed E-state index contributed by atoms with van der Waals surface area (Å²) >= 11 is 1.88. The minimum absolute atomic E-state index is 0.140. The van der Waals surface area contributed by atoms with Gasteiger partial charge in [0.15, 0.2) is 0 Å². The minimum Gasteiger partial charge on any atom is -0.551 e. The molecule has 0 atom stereocenters. The first-order valence-electron chi connectivity index (χ1n) is 11.6. The Morgan fingerprint density at radius 2 is 1.44 bits per heavy atom. The molecule has 2 aliphatic heterocycles. The molecular weight excluding hydrogens is 433 g/mol. The van der Waals surface area contributed by atoms with E-state index in [1.165, 1.54) is 53.6 Å². The molecule has 0 amide bonds. The molecule has 3 heterocycles. The predicted molar refractivity (Wildman–Crippen MR) is 145 cm³/mol. The van der Waals surface area contributed by atoms with Crippen molar-refractivity contribution in [3.8, 4) is 16.9 Å². The van der Waals surface area contributed by atoms with E-state index in [0.29, 0.717) is 0 Å². The quantitative estimate of drug-likeness (QED) is 0.250. The number of fused-ring (bicyclic) bond motifs is 8. The first kappa shape index (κ1) is 18.4. The van der Waals surface area contributed by atoms with E-state index in [1.54, 1.807) is 0 Å². The van der Waals surface area contributed by atoms with E-state index in [9.17, 15) is 0 Å². The highest BCUT2D eigenvalue weighted by atomic mass is 32.1. The molecule has 158 valence electrons. The van der Waals surface area contributed by atoms with E-state index < -0.39 is 0 Å². The molecule has 0 N–H and O–H groups in total. The lowest BCUT2D eigenvalue weighted by atomic mass is 9.49. The fraction of sp³-hybridized carbons (Fsp3) is 0. The summed E-state index contributed by atoms with van der Waals surface area (Å²) in [6.45, 7) is -0.140. The second-order valence-corrected chi connectivity index (χ2v) is 9.97. The van der Waals surface area contributed by atoms with Crippen LogP contribution in [0.3, 0.4) is 0 Å². The molecule has 8 rings (SSSR count). The molecule has 6 aromatic rings. The third-order valence-corrected chi connectivity index (χ3v) is 8.18. The van der Waals surface area contributed by atoms with Gasteiger partial charge in [0.05, 0.1) is 5.69 Å². The number of nitrogens with zero attached hydrogens (tertiary/aromatic N) is 1. The Morgan fingerprint density at radius 1 is 0.676 bits per heavy atom. The zero-order valence-corrected chi connectivity index (χ0v) is 19.0. The van der Waals surface area contributed by atoms with Gasteiger partial charge in [-0.05, 0) is 47.4 Å². The third-order valence-electron chi connectivity index (χ3n) is 7.06. The zero-order valence-electron chi connectivity index (χ0n) is 18.2. The van der Waals surface area contributed by atoms with Crippen molar-refractivity contribution in [2.45, 2.75) is 0 Å². The molecule has 0 spiro atoms. The van der Waals surface area contributed by atoms with Crippen LogP contribution >= 0.6 is 11.3 Å². The fourth-order valence-electron chi connectivity index (χ4n) is 5.68. The van der Waals surface area contributed by atoms with Gasteiger partial charge in [-0.2, -0.15) is 0 Å². The number of rotatable bonds is 1. The van der Waals surface area contributed by atoms with Crippen molar-refractivity contribution in [1.82, 2.24) is 0 Å². The van der Waals surface area contributed by atoms with Gasteiger partial charge in [-0.3, -0.25) is 0 Å². The number of benzene rings is 5. The third kappa shape index (κ3) is 2.36. The molecular formula is C30H18BNOS. The largest absolute Gasteiger partial charge is 0.551 e. The first-order valence-corrected chi connectivity index (χ1v) is 12.4. The van der Waals surface area contributed by atoms with Crippen LogP contribution in [0.5, 0.6) is 5.75 Å². The lowest BCUT2D eigenvalue weighted by Gasteiger charge is -2.40. The van der Waals surface area contributed by atoms with Crippen molar-refractivity contribution < 1.29 is 4.65 Å². The Hall–Kier alpha value is -4.02. The van der Waals surface area contributed by atoms with Crippen molar-refractivity contribution in [3.63, 3.8) is 0 Å². The maximum Gasteiger partial charge on any atom is 0.431 e. The Bertz CT molecular complexity index is 1760. The second kappa shape index (κ2) is 6.75. The summed E-state index contributed by atoms with van der Waals surface area (Å²) in [5.74, 6) is 0.953. The molecule has 2 nitrogen and oxygen atoms in total. The summed E-state index contributed by atoms with van der Waals surface area (Å²) in [6, 6.07) is 39.0. The van der Waals surface area contributed by atoms with Crippen LogP contribution in [0.4, 0.5) is 17.1 Å². The van der Waals surface area contributed by atoms with E-state index in [-0.39, 0.29) is 6.92 Å². The lowest BCUT2D eigenvalue weighted by molar-refractivity contribution is 0.590. The normalized spacial score (nSPS) is 13.4. The van der Waals surface area contributed by atoms with Crippen LogP contribution in [-0.2, 0) is 0 Å². The van der Waals surface area contributed by atoms with E-state index in [2.05, 4.69) is 114 Å². The molecule has 5 aromatic carbocycles. The molecule has 0 aliphatic carbocycles. The molecule has 1 aromatic heterocycles. The zero-order chi connectivity index (χ0) is 22.2. The Balaban J connectivity index is 1.61. The number of hydrogen-bond donors (Lipinski definition) is 0. The van der Waals surface area contributed by atoms with Crippen molar-refractivity contribution in [1.29, 1.82) is 0 Å². The Labute approximate surface area is 201 Å².